The van der Waals surface area contributed by atoms with Crippen molar-refractivity contribution in [1.82, 2.24) is 0 Å². The van der Waals surface area contributed by atoms with Gasteiger partial charge in [-0.15, -0.1) is 0 Å². The Kier molecular flexibility index (Phi) is 4.63. The van der Waals surface area contributed by atoms with Crippen LogP contribution in [0.5, 0.6) is 0 Å². The molecular formula is C18H19IO. The number of Topliss-reactive ketones (excluding diaryl/α,β-unsaturated/α-hetero) is 1. The molecule has 0 fully saturated rings. The quantitative estimate of drug-likeness (QED) is 0.542. The molecule has 0 aliphatic carbocycles. The second-order valence-electron chi connectivity index (χ2n) is 6.02. The maximum atomic E-state index is 12.6. The van der Waals surface area contributed by atoms with Gasteiger partial charge in [-0.3, -0.25) is 4.79 Å². The first-order valence-corrected chi connectivity index (χ1v) is 7.83. The highest BCUT2D eigenvalue weighted by Crippen LogP contribution is 2.26. The normalized spacial score (nSPS) is 11.4. The van der Waals surface area contributed by atoms with Gasteiger partial charge in [0.1, 0.15) is 0 Å². The molecule has 104 valence electrons. The highest BCUT2D eigenvalue weighted by molar-refractivity contribution is 14.1. The average molecular weight is 378 g/mol. The van der Waals surface area contributed by atoms with Gasteiger partial charge in [-0.05, 0) is 51.3 Å². The van der Waals surface area contributed by atoms with Crippen molar-refractivity contribution < 1.29 is 4.79 Å². The maximum absolute atomic E-state index is 12.6. The van der Waals surface area contributed by atoms with Crippen LogP contribution in [0.3, 0.4) is 0 Å². The number of hydrogen-bond donors (Lipinski definition) is 0. The molecule has 0 saturated heterocycles. The third kappa shape index (κ3) is 3.69. The number of carbonyl (C=O) groups excluding carboxylic acids is 1. The Hall–Kier alpha value is -1.16. The van der Waals surface area contributed by atoms with Gasteiger partial charge < -0.3 is 0 Å². The number of halogens is 1. The Balaban J connectivity index is 2.28. The molecular weight excluding hydrogens is 359 g/mol. The van der Waals surface area contributed by atoms with E-state index in [2.05, 4.69) is 49.4 Å². The minimum Gasteiger partial charge on any atom is -0.294 e. The second kappa shape index (κ2) is 6.08. The first-order chi connectivity index (χ1) is 9.38. The van der Waals surface area contributed by atoms with Crippen LogP contribution < -0.4 is 0 Å². The Labute approximate surface area is 134 Å². The summed E-state index contributed by atoms with van der Waals surface area (Å²) in [6.07, 6.45) is 0.462. The fraction of sp³-hybridized carbons (Fsp3) is 0.278. The molecule has 0 atom stereocenters. The van der Waals surface area contributed by atoms with Crippen LogP contribution in [0, 0.1) is 3.57 Å². The van der Waals surface area contributed by atoms with E-state index in [1.807, 2.05) is 42.5 Å². The summed E-state index contributed by atoms with van der Waals surface area (Å²) in [5.41, 5.74) is 3.02. The van der Waals surface area contributed by atoms with Crippen molar-refractivity contribution in [2.45, 2.75) is 32.6 Å². The molecule has 0 spiro atoms. The zero-order valence-corrected chi connectivity index (χ0v) is 14.3. The molecule has 0 unspecified atom stereocenters. The zero-order chi connectivity index (χ0) is 14.8. The third-order valence-corrected chi connectivity index (χ3v) is 4.03. The van der Waals surface area contributed by atoms with Gasteiger partial charge in [-0.25, -0.2) is 0 Å². The molecule has 2 heteroatoms. The highest BCUT2D eigenvalue weighted by atomic mass is 127. The van der Waals surface area contributed by atoms with Crippen LogP contribution in [0.1, 0.15) is 42.3 Å². The number of hydrogen-bond acceptors (Lipinski definition) is 1. The Morgan fingerprint density at radius 3 is 2.20 bits per heavy atom. The van der Waals surface area contributed by atoms with Crippen LogP contribution in [0.4, 0.5) is 0 Å². The lowest BCUT2D eigenvalue weighted by Crippen LogP contribution is -2.17. The molecule has 0 aromatic heterocycles. The Morgan fingerprint density at radius 2 is 1.60 bits per heavy atom. The van der Waals surface area contributed by atoms with Gasteiger partial charge in [0.15, 0.2) is 5.78 Å². The molecule has 0 N–H and O–H groups in total. The van der Waals surface area contributed by atoms with Crippen LogP contribution in [0.15, 0.2) is 48.5 Å². The summed E-state index contributed by atoms with van der Waals surface area (Å²) in [5, 5.41) is 0. The van der Waals surface area contributed by atoms with E-state index in [9.17, 15) is 4.79 Å². The van der Waals surface area contributed by atoms with Gasteiger partial charge in [0.05, 0.1) is 0 Å². The number of carbonyl (C=O) groups is 1. The van der Waals surface area contributed by atoms with Gasteiger partial charge in [-0.2, -0.15) is 0 Å². The largest absolute Gasteiger partial charge is 0.294 e. The topological polar surface area (TPSA) is 17.1 Å². The molecule has 2 aromatic rings. The van der Waals surface area contributed by atoms with E-state index in [-0.39, 0.29) is 11.2 Å². The minimum atomic E-state index is -0.0156. The van der Waals surface area contributed by atoms with Gasteiger partial charge in [0, 0.05) is 15.6 Å². The summed E-state index contributed by atoms with van der Waals surface area (Å²) in [6, 6.07) is 16.1. The minimum absolute atomic E-state index is 0.0156. The van der Waals surface area contributed by atoms with Crippen molar-refractivity contribution in [2.75, 3.05) is 0 Å². The van der Waals surface area contributed by atoms with Crippen LogP contribution in [-0.2, 0) is 11.8 Å². The number of rotatable bonds is 3. The smallest absolute Gasteiger partial charge is 0.167 e. The Morgan fingerprint density at radius 1 is 1.00 bits per heavy atom. The molecule has 2 aromatic carbocycles. The zero-order valence-electron chi connectivity index (χ0n) is 12.1. The fourth-order valence-electron chi connectivity index (χ4n) is 2.26. The van der Waals surface area contributed by atoms with Crippen molar-refractivity contribution in [1.29, 1.82) is 0 Å². The van der Waals surface area contributed by atoms with E-state index in [1.54, 1.807) is 0 Å². The molecule has 0 bridgehead atoms. The highest BCUT2D eigenvalue weighted by Gasteiger charge is 2.20. The summed E-state index contributed by atoms with van der Waals surface area (Å²) in [5.74, 6) is 0.191. The van der Waals surface area contributed by atoms with E-state index in [4.69, 9.17) is 0 Å². The van der Waals surface area contributed by atoms with Crippen molar-refractivity contribution in [3.8, 4) is 0 Å². The third-order valence-electron chi connectivity index (χ3n) is 3.31. The van der Waals surface area contributed by atoms with E-state index in [0.29, 0.717) is 6.42 Å². The molecule has 0 amide bonds. The van der Waals surface area contributed by atoms with Crippen LogP contribution >= 0.6 is 22.6 Å². The lowest BCUT2D eigenvalue weighted by atomic mass is 9.82. The SMILES string of the molecule is CC(C)(C)c1ccccc1C(=O)Cc1ccc(I)cc1. The first kappa shape index (κ1) is 15.2. The van der Waals surface area contributed by atoms with Gasteiger partial charge in [0.25, 0.3) is 0 Å². The van der Waals surface area contributed by atoms with Crippen LogP contribution in [-0.4, -0.2) is 5.78 Å². The fourth-order valence-corrected chi connectivity index (χ4v) is 2.62. The van der Waals surface area contributed by atoms with E-state index in [1.165, 1.54) is 3.57 Å². The van der Waals surface area contributed by atoms with Crippen molar-refractivity contribution in [2.24, 2.45) is 0 Å². The molecule has 0 radical (unpaired) electrons. The molecule has 0 heterocycles. The summed E-state index contributed by atoms with van der Waals surface area (Å²) in [4.78, 5) is 12.6. The maximum Gasteiger partial charge on any atom is 0.167 e. The Bertz CT molecular complexity index is 606. The summed E-state index contributed by atoms with van der Waals surface area (Å²) in [7, 11) is 0. The monoisotopic (exact) mass is 378 g/mol. The predicted molar refractivity (Wildman–Crippen MR) is 92.3 cm³/mol. The predicted octanol–water partition coefficient (Wildman–Crippen LogP) is 5.01. The molecule has 1 nitrogen and oxygen atoms in total. The average Bonchev–Trinajstić information content (AvgIpc) is 2.40. The van der Waals surface area contributed by atoms with Crippen LogP contribution in [0.2, 0.25) is 0 Å². The van der Waals surface area contributed by atoms with Gasteiger partial charge in [0.2, 0.25) is 0 Å². The van der Waals surface area contributed by atoms with E-state index in [0.717, 1.165) is 16.7 Å². The lowest BCUT2D eigenvalue weighted by Gasteiger charge is -2.22. The number of ketones is 1. The van der Waals surface area contributed by atoms with Crippen LogP contribution in [0.25, 0.3) is 0 Å². The lowest BCUT2D eigenvalue weighted by molar-refractivity contribution is 0.0991. The summed E-state index contributed by atoms with van der Waals surface area (Å²) < 4.78 is 1.19. The second-order valence-corrected chi connectivity index (χ2v) is 7.27. The van der Waals surface area contributed by atoms with E-state index >= 15 is 0 Å². The van der Waals surface area contributed by atoms with Crippen molar-refractivity contribution >= 4 is 28.4 Å². The molecule has 20 heavy (non-hydrogen) atoms. The summed E-state index contributed by atoms with van der Waals surface area (Å²) in [6.45, 7) is 6.43. The van der Waals surface area contributed by atoms with Gasteiger partial charge >= 0.3 is 0 Å². The first-order valence-electron chi connectivity index (χ1n) is 6.75. The molecule has 0 aliphatic rings. The van der Waals surface area contributed by atoms with Gasteiger partial charge in [-0.1, -0.05) is 57.2 Å². The van der Waals surface area contributed by atoms with E-state index < -0.39 is 0 Å². The van der Waals surface area contributed by atoms with Crippen molar-refractivity contribution in [3.05, 3.63) is 68.8 Å². The summed E-state index contributed by atoms with van der Waals surface area (Å²) >= 11 is 2.27. The number of benzene rings is 2. The molecule has 0 aliphatic heterocycles. The van der Waals surface area contributed by atoms with Crippen molar-refractivity contribution in [3.63, 3.8) is 0 Å². The standard InChI is InChI=1S/C18H19IO/c1-18(2,3)16-7-5-4-6-15(16)17(20)12-13-8-10-14(19)11-9-13/h4-11H,12H2,1-3H3. The molecule has 0 saturated carbocycles. The molecule has 2 rings (SSSR count).